The highest BCUT2D eigenvalue weighted by Gasteiger charge is 1.94. The number of hydrogen-bond donors (Lipinski definition) is 3. The summed E-state index contributed by atoms with van der Waals surface area (Å²) in [4.78, 5) is 19.8. The normalized spacial score (nSPS) is 9.82. The molecule has 0 fully saturated rings. The Bertz CT molecular complexity index is 369. The Kier molecular flexibility index (Phi) is 33.4. The molecule has 0 saturated heterocycles. The number of carboxylic acids is 1. The Hall–Kier alpha value is -1.62. The van der Waals surface area contributed by atoms with Crippen molar-refractivity contribution in [1.29, 1.82) is 0 Å². The lowest BCUT2D eigenvalue weighted by Gasteiger charge is -1.99. The maximum atomic E-state index is 10.5. The molecule has 0 bridgehead atoms. The molecule has 0 heterocycles. The summed E-state index contributed by atoms with van der Waals surface area (Å²) in [5, 5.41) is 7.60. The van der Waals surface area contributed by atoms with E-state index in [1.165, 1.54) is 70.6 Å². The fraction of sp³-hybridized carbons (Fsp3) is 0.739. The van der Waals surface area contributed by atoms with Crippen molar-refractivity contribution in [1.82, 2.24) is 0 Å². The van der Waals surface area contributed by atoms with E-state index in [0.29, 0.717) is 6.42 Å². The van der Waals surface area contributed by atoms with E-state index in [0.717, 1.165) is 12.8 Å². The minimum Gasteiger partial charge on any atom is -0.480 e. The number of rotatable bonds is 16. The summed E-state index contributed by atoms with van der Waals surface area (Å²) in [5.41, 5.74) is 9.67. The lowest BCUT2D eigenvalue weighted by molar-refractivity contribution is -0.135. The van der Waals surface area contributed by atoms with Crippen molar-refractivity contribution in [3.05, 3.63) is 24.8 Å². The highest BCUT2D eigenvalue weighted by atomic mass is 16.4. The molecule has 28 heavy (non-hydrogen) atoms. The fourth-order valence-electron chi connectivity index (χ4n) is 2.37. The first kappa shape index (κ1) is 31.1. The predicted octanol–water partition coefficient (Wildman–Crippen LogP) is 5.73. The number of unbranched alkanes of at least 4 members (excludes halogenated alkanes) is 11. The number of carbonyl (C=O) groups is 2. The van der Waals surface area contributed by atoms with Gasteiger partial charge in [0.15, 0.2) is 0 Å². The Morgan fingerprint density at radius 3 is 1.57 bits per heavy atom. The second-order valence-electron chi connectivity index (χ2n) is 6.81. The second kappa shape index (κ2) is 30.1. The SMILES string of the molecule is C=CC.CCCCCCCC/C=C\CCCCCCCC(N)=O.NCC(=O)O. The average molecular weight is 399 g/mol. The van der Waals surface area contributed by atoms with Gasteiger partial charge in [0, 0.05) is 6.42 Å². The van der Waals surface area contributed by atoms with Crippen LogP contribution in [0.1, 0.15) is 104 Å². The van der Waals surface area contributed by atoms with Gasteiger partial charge in [-0.2, -0.15) is 0 Å². The second-order valence-corrected chi connectivity index (χ2v) is 6.81. The van der Waals surface area contributed by atoms with E-state index in [1.807, 2.05) is 6.92 Å². The molecule has 0 atom stereocenters. The lowest BCUT2D eigenvalue weighted by Crippen LogP contribution is -2.10. The summed E-state index contributed by atoms with van der Waals surface area (Å²) in [5.74, 6) is -1.13. The molecule has 166 valence electrons. The molecule has 1 amide bonds. The Balaban J connectivity index is -0.000000657. The lowest BCUT2D eigenvalue weighted by atomic mass is 10.1. The zero-order chi connectivity index (χ0) is 21.9. The van der Waals surface area contributed by atoms with E-state index >= 15 is 0 Å². The summed E-state index contributed by atoms with van der Waals surface area (Å²) in [6.45, 7) is 7.24. The summed E-state index contributed by atoms with van der Waals surface area (Å²) in [7, 11) is 0. The highest BCUT2D eigenvalue weighted by Crippen LogP contribution is 2.09. The van der Waals surface area contributed by atoms with E-state index in [1.54, 1.807) is 6.08 Å². The van der Waals surface area contributed by atoms with Crippen LogP contribution in [0.4, 0.5) is 0 Å². The molecule has 0 saturated carbocycles. The maximum absolute atomic E-state index is 10.5. The van der Waals surface area contributed by atoms with E-state index in [4.69, 9.17) is 10.8 Å². The summed E-state index contributed by atoms with van der Waals surface area (Å²) >= 11 is 0. The van der Waals surface area contributed by atoms with Crippen LogP contribution in [0.2, 0.25) is 0 Å². The number of aliphatic carboxylic acids is 1. The number of allylic oxidation sites excluding steroid dienone is 3. The van der Waals surface area contributed by atoms with Crippen LogP contribution >= 0.6 is 0 Å². The van der Waals surface area contributed by atoms with Gasteiger partial charge in [0.2, 0.25) is 5.91 Å². The number of amides is 1. The number of carbonyl (C=O) groups excluding carboxylic acids is 1. The van der Waals surface area contributed by atoms with Crippen LogP contribution in [0.3, 0.4) is 0 Å². The minimum atomic E-state index is -0.968. The van der Waals surface area contributed by atoms with Gasteiger partial charge < -0.3 is 16.6 Å². The first-order valence-corrected chi connectivity index (χ1v) is 10.9. The highest BCUT2D eigenvalue weighted by molar-refractivity contribution is 5.73. The summed E-state index contributed by atoms with van der Waals surface area (Å²) in [6, 6.07) is 0. The zero-order valence-corrected chi connectivity index (χ0v) is 18.5. The van der Waals surface area contributed by atoms with Crippen LogP contribution in [-0.4, -0.2) is 23.5 Å². The summed E-state index contributed by atoms with van der Waals surface area (Å²) in [6.07, 6.45) is 23.7. The summed E-state index contributed by atoms with van der Waals surface area (Å²) < 4.78 is 0. The number of nitrogens with two attached hydrogens (primary N) is 2. The van der Waals surface area contributed by atoms with Crippen LogP contribution in [-0.2, 0) is 9.59 Å². The van der Waals surface area contributed by atoms with Crippen molar-refractivity contribution in [3.63, 3.8) is 0 Å². The van der Waals surface area contributed by atoms with Crippen molar-refractivity contribution < 1.29 is 14.7 Å². The molecule has 0 rings (SSSR count). The predicted molar refractivity (Wildman–Crippen MR) is 121 cm³/mol. The first-order chi connectivity index (χ1) is 13.5. The van der Waals surface area contributed by atoms with Gasteiger partial charge in [0.1, 0.15) is 0 Å². The average Bonchev–Trinajstić information content (AvgIpc) is 2.65. The van der Waals surface area contributed by atoms with Gasteiger partial charge in [-0.05, 0) is 39.0 Å². The number of carboxylic acid groups (broad SMARTS) is 1. The Morgan fingerprint density at radius 1 is 0.857 bits per heavy atom. The molecule has 0 aromatic carbocycles. The van der Waals surface area contributed by atoms with E-state index in [9.17, 15) is 9.59 Å². The van der Waals surface area contributed by atoms with Crippen molar-refractivity contribution in [3.8, 4) is 0 Å². The molecule has 0 radical (unpaired) electrons. The first-order valence-electron chi connectivity index (χ1n) is 10.9. The Morgan fingerprint density at radius 2 is 1.21 bits per heavy atom. The fourth-order valence-corrected chi connectivity index (χ4v) is 2.37. The van der Waals surface area contributed by atoms with Gasteiger partial charge in [-0.1, -0.05) is 76.5 Å². The third kappa shape index (κ3) is 44.1. The molecule has 5 nitrogen and oxygen atoms in total. The van der Waals surface area contributed by atoms with Gasteiger partial charge in [-0.3, -0.25) is 9.59 Å². The molecule has 5 N–H and O–H groups in total. The molecule has 5 heteroatoms. The Labute approximate surface area is 173 Å². The van der Waals surface area contributed by atoms with Gasteiger partial charge in [0.05, 0.1) is 6.54 Å². The molecule has 0 aliphatic rings. The molecule has 0 aliphatic carbocycles. The minimum absolute atomic E-state index is 0.164. The largest absolute Gasteiger partial charge is 0.480 e. The molecule has 0 unspecified atom stereocenters. The van der Waals surface area contributed by atoms with E-state index in [-0.39, 0.29) is 12.5 Å². The van der Waals surface area contributed by atoms with Crippen LogP contribution in [0.25, 0.3) is 0 Å². The molecule has 0 aromatic rings. The number of hydrogen-bond acceptors (Lipinski definition) is 3. The quantitative estimate of drug-likeness (QED) is 0.228. The van der Waals surface area contributed by atoms with Crippen LogP contribution in [0.15, 0.2) is 24.8 Å². The molecular formula is C23H46N2O3. The van der Waals surface area contributed by atoms with Crippen LogP contribution in [0.5, 0.6) is 0 Å². The van der Waals surface area contributed by atoms with Crippen LogP contribution in [0, 0.1) is 0 Å². The van der Waals surface area contributed by atoms with Crippen molar-refractivity contribution in [2.45, 2.75) is 104 Å². The van der Waals surface area contributed by atoms with Gasteiger partial charge in [-0.15, -0.1) is 6.58 Å². The zero-order valence-electron chi connectivity index (χ0n) is 18.5. The third-order valence-corrected chi connectivity index (χ3v) is 3.86. The molecular weight excluding hydrogens is 352 g/mol. The van der Waals surface area contributed by atoms with Gasteiger partial charge in [0.25, 0.3) is 0 Å². The maximum Gasteiger partial charge on any atom is 0.317 e. The standard InChI is InChI=1S/C18H35NO.C3H6.C2H5NO2/c1-2-3-4-5-6-7-8-9-10-11-12-13-14-15-16-17-18(19)20;1-3-2;3-1-2(4)5/h9-10H,2-8,11-17H2,1H3,(H2,19,20);3H,1H2,2H3;1,3H2,(H,4,5)/b10-9-;;. The molecule has 0 spiro atoms. The van der Waals surface area contributed by atoms with Crippen molar-refractivity contribution >= 4 is 11.9 Å². The van der Waals surface area contributed by atoms with E-state index in [2.05, 4.69) is 31.4 Å². The van der Waals surface area contributed by atoms with Crippen LogP contribution < -0.4 is 11.5 Å². The monoisotopic (exact) mass is 398 g/mol. The molecule has 0 aromatic heterocycles. The topological polar surface area (TPSA) is 106 Å². The van der Waals surface area contributed by atoms with Crippen molar-refractivity contribution in [2.75, 3.05) is 6.54 Å². The smallest absolute Gasteiger partial charge is 0.317 e. The van der Waals surface area contributed by atoms with Gasteiger partial charge >= 0.3 is 5.97 Å². The molecule has 0 aliphatic heterocycles. The number of primary amides is 1. The third-order valence-electron chi connectivity index (χ3n) is 3.86. The van der Waals surface area contributed by atoms with Gasteiger partial charge in [-0.25, -0.2) is 0 Å². The van der Waals surface area contributed by atoms with Crippen molar-refractivity contribution in [2.24, 2.45) is 11.5 Å². The van der Waals surface area contributed by atoms with E-state index < -0.39 is 5.97 Å².